The maximum absolute atomic E-state index is 12.6. The Morgan fingerprint density at radius 1 is 1.45 bits per heavy atom. The summed E-state index contributed by atoms with van der Waals surface area (Å²) in [5.74, 6) is 0. The number of ether oxygens (including phenoxy) is 1. The molecule has 0 radical (unpaired) electrons. The van der Waals surface area contributed by atoms with Crippen LogP contribution in [-0.4, -0.2) is 38.6 Å². The van der Waals surface area contributed by atoms with Gasteiger partial charge < -0.3 is 14.9 Å². The lowest BCUT2D eigenvalue weighted by molar-refractivity contribution is -0.139. The Kier molecular flexibility index (Phi) is 3.71. The zero-order valence-electron chi connectivity index (χ0n) is 9.92. The van der Waals surface area contributed by atoms with Gasteiger partial charge in [0.05, 0.1) is 12.7 Å². The van der Waals surface area contributed by atoms with Crippen molar-refractivity contribution in [1.29, 1.82) is 0 Å². The lowest BCUT2D eigenvalue weighted by Gasteiger charge is -2.16. The predicted octanol–water partition coefficient (Wildman–Crippen LogP) is -0.804. The van der Waals surface area contributed by atoms with Gasteiger partial charge in [-0.2, -0.15) is 13.2 Å². The third kappa shape index (κ3) is 2.62. The third-order valence-electron chi connectivity index (χ3n) is 2.97. The van der Waals surface area contributed by atoms with Gasteiger partial charge in [-0.25, -0.2) is 4.79 Å². The van der Waals surface area contributed by atoms with Crippen LogP contribution in [0.2, 0.25) is 0 Å². The summed E-state index contributed by atoms with van der Waals surface area (Å²) in [6, 6.07) is 0. The molecule has 1 aliphatic heterocycles. The summed E-state index contributed by atoms with van der Waals surface area (Å²) in [5.41, 5.74) is -4.17. The van der Waals surface area contributed by atoms with E-state index >= 15 is 0 Å². The molecule has 1 aromatic rings. The van der Waals surface area contributed by atoms with Gasteiger partial charge >= 0.3 is 11.9 Å². The second-order valence-corrected chi connectivity index (χ2v) is 4.32. The van der Waals surface area contributed by atoms with E-state index in [-0.39, 0.29) is 6.42 Å². The molecule has 0 saturated carbocycles. The number of aromatic nitrogens is 2. The van der Waals surface area contributed by atoms with Crippen LogP contribution >= 0.6 is 0 Å². The molecule has 0 amide bonds. The maximum Gasteiger partial charge on any atom is 0.423 e. The molecule has 0 aliphatic carbocycles. The molecule has 20 heavy (non-hydrogen) atoms. The second kappa shape index (κ2) is 5.04. The van der Waals surface area contributed by atoms with E-state index in [1.807, 2.05) is 0 Å². The molecule has 10 heteroatoms. The van der Waals surface area contributed by atoms with E-state index in [0.29, 0.717) is 10.8 Å². The van der Waals surface area contributed by atoms with E-state index in [0.717, 1.165) is 0 Å². The summed E-state index contributed by atoms with van der Waals surface area (Å²) >= 11 is 0. The molecule has 0 spiro atoms. The molecule has 7 nitrogen and oxygen atoms in total. The van der Waals surface area contributed by atoms with Crippen LogP contribution in [0.5, 0.6) is 0 Å². The van der Waals surface area contributed by atoms with Crippen LogP contribution in [0.1, 0.15) is 18.2 Å². The van der Waals surface area contributed by atoms with Gasteiger partial charge in [-0.1, -0.05) is 0 Å². The maximum atomic E-state index is 12.6. The Labute approximate surface area is 109 Å². The largest absolute Gasteiger partial charge is 0.423 e. The molecule has 1 fully saturated rings. The number of aromatic amines is 1. The van der Waals surface area contributed by atoms with Crippen LogP contribution in [0, 0.1) is 0 Å². The SMILES string of the molecule is O=c1[nH]c(=O)n(C2C[C@H](O)[C@@H](CO)O2)cc1C(F)(F)F. The molecule has 2 heterocycles. The molecule has 1 unspecified atom stereocenters. The minimum absolute atomic E-state index is 0.172. The lowest BCUT2D eigenvalue weighted by Crippen LogP contribution is -2.36. The number of aliphatic hydroxyl groups is 2. The van der Waals surface area contributed by atoms with E-state index in [4.69, 9.17) is 9.84 Å². The Morgan fingerprint density at radius 3 is 2.60 bits per heavy atom. The molecule has 0 bridgehead atoms. The van der Waals surface area contributed by atoms with Gasteiger partial charge in [0.25, 0.3) is 5.56 Å². The molecule has 1 saturated heterocycles. The third-order valence-corrected chi connectivity index (χ3v) is 2.97. The molecular weight excluding hydrogens is 285 g/mol. The number of nitrogens with one attached hydrogen (secondary N) is 1. The average molecular weight is 296 g/mol. The number of aliphatic hydroxyl groups excluding tert-OH is 2. The molecular formula is C10H11F3N2O5. The highest BCUT2D eigenvalue weighted by Crippen LogP contribution is 2.30. The highest BCUT2D eigenvalue weighted by Gasteiger charge is 2.38. The monoisotopic (exact) mass is 296 g/mol. The number of hydrogen-bond acceptors (Lipinski definition) is 5. The van der Waals surface area contributed by atoms with Crippen LogP contribution in [-0.2, 0) is 10.9 Å². The number of hydrogen-bond donors (Lipinski definition) is 3. The fourth-order valence-electron chi connectivity index (χ4n) is 1.95. The van der Waals surface area contributed by atoms with Crippen molar-refractivity contribution in [2.75, 3.05) is 6.61 Å². The van der Waals surface area contributed by atoms with Crippen molar-refractivity contribution in [1.82, 2.24) is 9.55 Å². The molecule has 2 rings (SSSR count). The highest BCUT2D eigenvalue weighted by atomic mass is 19.4. The van der Waals surface area contributed by atoms with Crippen LogP contribution < -0.4 is 11.2 Å². The van der Waals surface area contributed by atoms with Gasteiger partial charge in [0.2, 0.25) is 0 Å². The van der Waals surface area contributed by atoms with Gasteiger partial charge in [0.1, 0.15) is 17.9 Å². The molecule has 3 N–H and O–H groups in total. The van der Waals surface area contributed by atoms with Crippen molar-refractivity contribution < 1.29 is 28.1 Å². The predicted molar refractivity (Wildman–Crippen MR) is 57.9 cm³/mol. The van der Waals surface area contributed by atoms with Gasteiger partial charge in [-0.15, -0.1) is 0 Å². The average Bonchev–Trinajstić information content (AvgIpc) is 2.68. The number of H-pyrrole nitrogens is 1. The smallest absolute Gasteiger partial charge is 0.394 e. The summed E-state index contributed by atoms with van der Waals surface area (Å²) < 4.78 is 43.4. The van der Waals surface area contributed by atoms with E-state index in [2.05, 4.69) is 0 Å². The normalized spacial score (nSPS) is 26.9. The Bertz CT molecular complexity index is 608. The minimum atomic E-state index is -4.92. The highest BCUT2D eigenvalue weighted by molar-refractivity contribution is 5.09. The minimum Gasteiger partial charge on any atom is -0.394 e. The zero-order valence-corrected chi connectivity index (χ0v) is 9.92. The van der Waals surface area contributed by atoms with Gasteiger partial charge in [-0.3, -0.25) is 14.3 Å². The summed E-state index contributed by atoms with van der Waals surface area (Å²) in [7, 11) is 0. The first-order valence-corrected chi connectivity index (χ1v) is 5.61. The number of alkyl halides is 3. The van der Waals surface area contributed by atoms with E-state index in [9.17, 15) is 27.9 Å². The van der Waals surface area contributed by atoms with Gasteiger partial charge in [0.15, 0.2) is 0 Å². The Morgan fingerprint density at radius 2 is 2.10 bits per heavy atom. The second-order valence-electron chi connectivity index (χ2n) is 4.32. The molecule has 112 valence electrons. The fraction of sp³-hybridized carbons (Fsp3) is 0.600. The van der Waals surface area contributed by atoms with Crippen molar-refractivity contribution in [2.45, 2.75) is 31.0 Å². The molecule has 3 atom stereocenters. The topological polar surface area (TPSA) is 105 Å². The zero-order chi connectivity index (χ0) is 15.1. The number of rotatable bonds is 2. The first-order valence-electron chi connectivity index (χ1n) is 5.61. The quantitative estimate of drug-likeness (QED) is 0.662. The summed E-state index contributed by atoms with van der Waals surface area (Å²) in [6.07, 6.45) is -8.04. The van der Waals surface area contributed by atoms with Crippen LogP contribution in [0.3, 0.4) is 0 Å². The van der Waals surface area contributed by atoms with Crippen molar-refractivity contribution >= 4 is 0 Å². The summed E-state index contributed by atoms with van der Waals surface area (Å²) in [5, 5.41) is 18.4. The standard InChI is InChI=1S/C10H11F3N2O5/c11-10(12,13)4-2-15(9(19)14-8(4)18)7-1-5(17)6(3-16)20-7/h2,5-7,16-17H,1,3H2,(H,14,18,19)/t5-,6+,7?/m0/s1. The Hall–Kier alpha value is -1.65. The van der Waals surface area contributed by atoms with E-state index in [1.54, 1.807) is 4.98 Å². The van der Waals surface area contributed by atoms with E-state index in [1.165, 1.54) is 0 Å². The Balaban J connectivity index is 2.43. The number of nitrogens with zero attached hydrogens (tertiary/aromatic N) is 1. The first kappa shape index (κ1) is 14.8. The molecule has 0 aromatic carbocycles. The van der Waals surface area contributed by atoms with Gasteiger partial charge in [0, 0.05) is 12.6 Å². The number of halogens is 3. The van der Waals surface area contributed by atoms with Crippen LogP contribution in [0.4, 0.5) is 13.2 Å². The summed E-state index contributed by atoms with van der Waals surface area (Å²) in [6.45, 7) is -0.540. The van der Waals surface area contributed by atoms with Crippen LogP contribution in [0.15, 0.2) is 15.8 Å². The molecule has 1 aliphatic rings. The summed E-state index contributed by atoms with van der Waals surface area (Å²) in [4.78, 5) is 24.2. The fourth-order valence-corrected chi connectivity index (χ4v) is 1.95. The lowest BCUT2D eigenvalue weighted by atomic mass is 10.2. The van der Waals surface area contributed by atoms with Crippen molar-refractivity contribution in [3.63, 3.8) is 0 Å². The van der Waals surface area contributed by atoms with Gasteiger partial charge in [-0.05, 0) is 0 Å². The van der Waals surface area contributed by atoms with Crippen LogP contribution in [0.25, 0.3) is 0 Å². The first-order chi connectivity index (χ1) is 9.24. The van der Waals surface area contributed by atoms with Crippen molar-refractivity contribution in [3.8, 4) is 0 Å². The van der Waals surface area contributed by atoms with E-state index < -0.39 is 48.0 Å². The van der Waals surface area contributed by atoms with Crippen molar-refractivity contribution in [2.24, 2.45) is 0 Å². The van der Waals surface area contributed by atoms with Crippen molar-refractivity contribution in [3.05, 3.63) is 32.6 Å². The molecule has 1 aromatic heterocycles.